The number of halogens is 3. The summed E-state index contributed by atoms with van der Waals surface area (Å²) in [5.74, 6) is -4.39. The highest BCUT2D eigenvalue weighted by molar-refractivity contribution is 7.87. The van der Waals surface area contributed by atoms with Gasteiger partial charge < -0.3 is 24.1 Å². The lowest BCUT2D eigenvalue weighted by molar-refractivity contribution is -0.365. The predicted molar refractivity (Wildman–Crippen MR) is 96.3 cm³/mol. The molecule has 0 aromatic heterocycles. The Morgan fingerprint density at radius 1 is 1.19 bits per heavy atom. The number of carbonyl (C=O) groups is 2. The van der Waals surface area contributed by atoms with E-state index < -0.39 is 63.9 Å². The van der Waals surface area contributed by atoms with Gasteiger partial charge in [-0.05, 0) is 6.92 Å². The van der Waals surface area contributed by atoms with Crippen molar-refractivity contribution in [2.45, 2.75) is 55.7 Å². The number of ether oxygens (including phenoxy) is 4. The highest BCUT2D eigenvalue weighted by Crippen LogP contribution is 2.41. The number of fused-ring (bicyclic) bond motifs is 1. The number of carbonyl (C=O) groups excluding carboxylic acids is 1. The third kappa shape index (κ3) is 4.73. The molecule has 1 aromatic rings. The number of esters is 1. The van der Waals surface area contributed by atoms with Crippen molar-refractivity contribution >= 4 is 22.1 Å². The molecule has 0 radical (unpaired) electrons. The molecule has 3 rings (SSSR count). The number of hydrogen-bond acceptors (Lipinski definition) is 9. The van der Waals surface area contributed by atoms with Gasteiger partial charge in [-0.2, -0.15) is 21.6 Å². The molecule has 14 heteroatoms. The second-order valence-electron chi connectivity index (χ2n) is 7.17. The lowest BCUT2D eigenvalue weighted by Crippen LogP contribution is -2.67. The standard InChI is InChI=1S/C18H19F3O10S/c1-9(22)28-13-14(31-32(25,26)18(19,20)21)12-11(29-15(13)16(23)24)8-27-17(2,30-12)10-6-4-3-5-7-10/h3-7,11-15H,8H2,1-2H3,(H,23,24)/t11-,12+,13-,14+,15-,17+/m1/s1. The second kappa shape index (κ2) is 8.59. The Kier molecular flexibility index (Phi) is 6.55. The zero-order valence-electron chi connectivity index (χ0n) is 16.6. The summed E-state index contributed by atoms with van der Waals surface area (Å²) >= 11 is 0. The highest BCUT2D eigenvalue weighted by atomic mass is 32.2. The summed E-state index contributed by atoms with van der Waals surface area (Å²) in [6, 6.07) is 8.16. The van der Waals surface area contributed by atoms with E-state index in [-0.39, 0.29) is 6.61 Å². The van der Waals surface area contributed by atoms with Crippen LogP contribution in [-0.2, 0) is 48.6 Å². The summed E-state index contributed by atoms with van der Waals surface area (Å²) in [5.41, 5.74) is -5.39. The molecule has 0 unspecified atom stereocenters. The maximum atomic E-state index is 13.0. The summed E-state index contributed by atoms with van der Waals surface area (Å²) in [4.78, 5) is 23.2. The first-order valence-electron chi connectivity index (χ1n) is 9.17. The summed E-state index contributed by atoms with van der Waals surface area (Å²) < 4.78 is 88.6. The van der Waals surface area contributed by atoms with Crippen molar-refractivity contribution in [3.63, 3.8) is 0 Å². The first kappa shape index (κ1) is 24.4. The molecule has 0 spiro atoms. The van der Waals surface area contributed by atoms with Gasteiger partial charge in [0.05, 0.1) is 6.61 Å². The first-order chi connectivity index (χ1) is 14.7. The zero-order valence-corrected chi connectivity index (χ0v) is 17.5. The average Bonchev–Trinajstić information content (AvgIpc) is 2.69. The third-order valence-corrected chi connectivity index (χ3v) is 5.93. The van der Waals surface area contributed by atoms with E-state index in [0.717, 1.165) is 6.92 Å². The molecule has 0 amide bonds. The summed E-state index contributed by atoms with van der Waals surface area (Å²) in [5, 5.41) is 9.44. The lowest BCUT2D eigenvalue weighted by Gasteiger charge is -2.50. The predicted octanol–water partition coefficient (Wildman–Crippen LogP) is 1.29. The summed E-state index contributed by atoms with van der Waals surface area (Å²) in [7, 11) is -6.23. The molecule has 0 bridgehead atoms. The minimum absolute atomic E-state index is 0.376. The first-order valence-corrected chi connectivity index (χ1v) is 10.6. The van der Waals surface area contributed by atoms with Crippen LogP contribution >= 0.6 is 0 Å². The van der Waals surface area contributed by atoms with Crippen LogP contribution in [0.4, 0.5) is 13.2 Å². The Balaban J connectivity index is 2.05. The molecule has 32 heavy (non-hydrogen) atoms. The fourth-order valence-electron chi connectivity index (χ4n) is 3.45. The Labute approximate surface area is 180 Å². The quantitative estimate of drug-likeness (QED) is 0.370. The van der Waals surface area contributed by atoms with Gasteiger partial charge in [0.15, 0.2) is 18.0 Å². The van der Waals surface area contributed by atoms with Gasteiger partial charge in [0.25, 0.3) is 0 Å². The molecule has 10 nitrogen and oxygen atoms in total. The van der Waals surface area contributed by atoms with Gasteiger partial charge in [-0.15, -0.1) is 0 Å². The Morgan fingerprint density at radius 3 is 2.34 bits per heavy atom. The lowest BCUT2D eigenvalue weighted by atomic mass is 9.92. The number of carboxylic acid groups (broad SMARTS) is 1. The van der Waals surface area contributed by atoms with E-state index in [1.165, 1.54) is 6.92 Å². The van der Waals surface area contributed by atoms with E-state index in [4.69, 9.17) is 18.9 Å². The van der Waals surface area contributed by atoms with E-state index in [9.17, 15) is 36.3 Å². The maximum Gasteiger partial charge on any atom is 0.523 e. The van der Waals surface area contributed by atoms with Gasteiger partial charge in [-0.25, -0.2) is 4.79 Å². The molecule has 2 saturated heterocycles. The molecule has 2 aliphatic rings. The van der Waals surface area contributed by atoms with Gasteiger partial charge >= 0.3 is 27.6 Å². The zero-order chi connectivity index (χ0) is 23.9. The summed E-state index contributed by atoms with van der Waals surface area (Å²) in [6.07, 6.45) is -9.25. The van der Waals surface area contributed by atoms with Gasteiger partial charge in [-0.1, -0.05) is 30.3 Å². The van der Waals surface area contributed by atoms with Crippen LogP contribution in [-0.4, -0.2) is 68.1 Å². The Hall–Kier alpha value is -2.26. The average molecular weight is 484 g/mol. The van der Waals surface area contributed by atoms with E-state index >= 15 is 0 Å². The monoisotopic (exact) mass is 484 g/mol. The molecule has 2 heterocycles. The van der Waals surface area contributed by atoms with E-state index in [0.29, 0.717) is 5.56 Å². The molecule has 0 aliphatic carbocycles. The molecule has 1 N–H and O–H groups in total. The van der Waals surface area contributed by atoms with E-state index in [1.807, 2.05) is 0 Å². The largest absolute Gasteiger partial charge is 0.523 e. The van der Waals surface area contributed by atoms with Crippen molar-refractivity contribution in [3.8, 4) is 0 Å². The van der Waals surface area contributed by atoms with Crippen LogP contribution in [0.5, 0.6) is 0 Å². The topological polar surface area (TPSA) is 135 Å². The second-order valence-corrected chi connectivity index (χ2v) is 8.74. The van der Waals surface area contributed by atoms with Gasteiger partial charge in [0.2, 0.25) is 0 Å². The van der Waals surface area contributed by atoms with Crippen LogP contribution in [0, 0.1) is 0 Å². The van der Waals surface area contributed by atoms with Crippen molar-refractivity contribution in [1.29, 1.82) is 0 Å². The fourth-order valence-corrected chi connectivity index (χ4v) is 4.07. The number of hydrogen-bond donors (Lipinski definition) is 1. The fraction of sp³-hybridized carbons (Fsp3) is 0.556. The SMILES string of the molecule is CC(=O)O[C@@H]1[C@@H](OS(=O)(=O)C(F)(F)F)[C@H]2O[C@@](C)(c3ccccc3)OC[C@H]2O[C@H]1C(=O)O. The normalized spacial score (nSPS) is 33.2. The molecular weight excluding hydrogens is 465 g/mol. The van der Waals surface area contributed by atoms with Crippen molar-refractivity contribution in [2.75, 3.05) is 6.61 Å². The van der Waals surface area contributed by atoms with Crippen molar-refractivity contribution < 1.29 is 59.4 Å². The molecule has 2 fully saturated rings. The van der Waals surface area contributed by atoms with Crippen LogP contribution in [0.2, 0.25) is 0 Å². The van der Waals surface area contributed by atoms with Gasteiger partial charge in [0, 0.05) is 12.5 Å². The third-order valence-electron chi connectivity index (χ3n) is 4.88. The minimum atomic E-state index is -6.23. The van der Waals surface area contributed by atoms with Crippen molar-refractivity contribution in [3.05, 3.63) is 35.9 Å². The highest BCUT2D eigenvalue weighted by Gasteiger charge is 2.60. The van der Waals surface area contributed by atoms with Gasteiger partial charge in [0.1, 0.15) is 18.3 Å². The summed E-state index contributed by atoms with van der Waals surface area (Å²) in [6.45, 7) is 1.91. The molecule has 1 aromatic carbocycles. The Bertz CT molecular complexity index is 967. The Morgan fingerprint density at radius 2 is 1.81 bits per heavy atom. The number of aliphatic carboxylic acids is 1. The number of benzene rings is 1. The van der Waals surface area contributed by atoms with E-state index in [1.54, 1.807) is 30.3 Å². The van der Waals surface area contributed by atoms with Crippen LogP contribution in [0.3, 0.4) is 0 Å². The van der Waals surface area contributed by atoms with Crippen LogP contribution in [0.15, 0.2) is 30.3 Å². The molecular formula is C18H19F3O10S. The van der Waals surface area contributed by atoms with Crippen LogP contribution < -0.4 is 0 Å². The smallest absolute Gasteiger partial charge is 0.479 e. The minimum Gasteiger partial charge on any atom is -0.479 e. The van der Waals surface area contributed by atoms with Crippen LogP contribution in [0.1, 0.15) is 19.4 Å². The molecule has 0 saturated carbocycles. The number of rotatable bonds is 5. The van der Waals surface area contributed by atoms with Crippen molar-refractivity contribution in [1.82, 2.24) is 0 Å². The number of alkyl halides is 3. The molecule has 6 atom stereocenters. The van der Waals surface area contributed by atoms with E-state index in [2.05, 4.69) is 4.18 Å². The van der Waals surface area contributed by atoms with Crippen molar-refractivity contribution in [2.24, 2.45) is 0 Å². The van der Waals surface area contributed by atoms with Gasteiger partial charge in [-0.3, -0.25) is 8.98 Å². The van der Waals surface area contributed by atoms with Crippen LogP contribution in [0.25, 0.3) is 0 Å². The number of carboxylic acids is 1. The molecule has 2 aliphatic heterocycles. The maximum absolute atomic E-state index is 13.0. The molecule has 178 valence electrons.